The van der Waals surface area contributed by atoms with E-state index in [0.29, 0.717) is 19.4 Å². The molecule has 0 aliphatic heterocycles. The third-order valence-electron chi connectivity index (χ3n) is 4.51. The van der Waals surface area contributed by atoms with E-state index in [-0.39, 0.29) is 28.3 Å². The number of nitrogens with one attached hydrogen (secondary N) is 2. The maximum absolute atomic E-state index is 14.2. The van der Waals surface area contributed by atoms with Gasteiger partial charge in [-0.1, -0.05) is 19.8 Å². The molecule has 0 aromatic heterocycles. The van der Waals surface area contributed by atoms with Crippen LogP contribution in [-0.4, -0.2) is 35.2 Å². The molecule has 0 radical (unpaired) electrons. The summed E-state index contributed by atoms with van der Waals surface area (Å²) in [5.74, 6) is -1.02. The molecule has 0 bridgehead atoms. The van der Waals surface area contributed by atoms with Gasteiger partial charge in [0.2, 0.25) is 20.0 Å². The predicted octanol–water partition coefficient (Wildman–Crippen LogP) is 1.77. The molecule has 1 saturated carbocycles. The Balaban J connectivity index is 2.18. The Kier molecular flexibility index (Phi) is 7.00. The van der Waals surface area contributed by atoms with Crippen molar-refractivity contribution in [3.63, 3.8) is 0 Å². The molecule has 0 saturated heterocycles. The summed E-state index contributed by atoms with van der Waals surface area (Å²) >= 11 is 0. The van der Waals surface area contributed by atoms with Crippen molar-refractivity contribution in [1.82, 2.24) is 4.72 Å². The van der Waals surface area contributed by atoms with E-state index in [1.165, 1.54) is 6.07 Å². The van der Waals surface area contributed by atoms with Gasteiger partial charge in [-0.2, -0.15) is 0 Å². The first-order valence-electron chi connectivity index (χ1n) is 8.71. The van der Waals surface area contributed by atoms with Gasteiger partial charge in [-0.25, -0.2) is 25.9 Å². The minimum Gasteiger partial charge on any atom is -0.330 e. The van der Waals surface area contributed by atoms with Crippen LogP contribution in [0.4, 0.5) is 10.1 Å². The molecular weight excluding hydrogens is 381 g/mol. The largest absolute Gasteiger partial charge is 0.330 e. The summed E-state index contributed by atoms with van der Waals surface area (Å²) in [6, 6.07) is 2.87. The van der Waals surface area contributed by atoms with Gasteiger partial charge in [-0.3, -0.25) is 4.72 Å². The van der Waals surface area contributed by atoms with Crippen molar-refractivity contribution < 1.29 is 21.2 Å². The van der Waals surface area contributed by atoms with Gasteiger partial charge < -0.3 is 5.73 Å². The molecule has 148 valence electrons. The molecule has 0 amide bonds. The second kappa shape index (κ2) is 8.64. The Morgan fingerprint density at radius 3 is 2.50 bits per heavy atom. The van der Waals surface area contributed by atoms with Gasteiger partial charge in [0.25, 0.3) is 0 Å². The smallest absolute Gasteiger partial charge is 0.240 e. The first-order chi connectivity index (χ1) is 12.2. The van der Waals surface area contributed by atoms with Gasteiger partial charge in [0.15, 0.2) is 0 Å². The Labute approximate surface area is 154 Å². The lowest BCUT2D eigenvalue weighted by Crippen LogP contribution is -2.44. The quantitative estimate of drug-likeness (QED) is 0.607. The van der Waals surface area contributed by atoms with Gasteiger partial charge in [-0.15, -0.1) is 0 Å². The highest BCUT2D eigenvalue weighted by Gasteiger charge is 2.29. The van der Waals surface area contributed by atoms with Crippen molar-refractivity contribution in [2.75, 3.05) is 17.0 Å². The van der Waals surface area contributed by atoms with Gasteiger partial charge in [0.1, 0.15) is 5.82 Å². The molecule has 10 heteroatoms. The maximum atomic E-state index is 14.2. The fourth-order valence-corrected chi connectivity index (χ4v) is 5.64. The highest BCUT2D eigenvalue weighted by molar-refractivity contribution is 7.92. The van der Waals surface area contributed by atoms with Crippen LogP contribution in [0.15, 0.2) is 23.1 Å². The summed E-state index contributed by atoms with van der Waals surface area (Å²) in [6.45, 7) is 2.08. The first-order valence-corrected chi connectivity index (χ1v) is 11.8. The van der Waals surface area contributed by atoms with Crippen LogP contribution in [0.25, 0.3) is 0 Å². The van der Waals surface area contributed by atoms with Crippen LogP contribution in [0.1, 0.15) is 39.0 Å². The van der Waals surface area contributed by atoms with E-state index in [1.54, 1.807) is 6.92 Å². The van der Waals surface area contributed by atoms with E-state index in [1.807, 2.05) is 0 Å². The zero-order valence-corrected chi connectivity index (χ0v) is 16.4. The molecule has 26 heavy (non-hydrogen) atoms. The second-order valence-electron chi connectivity index (χ2n) is 6.57. The summed E-state index contributed by atoms with van der Waals surface area (Å²) in [5, 5.41) is 0. The molecule has 2 rings (SSSR count). The summed E-state index contributed by atoms with van der Waals surface area (Å²) < 4.78 is 67.6. The van der Waals surface area contributed by atoms with Crippen molar-refractivity contribution in [2.45, 2.75) is 50.0 Å². The van der Waals surface area contributed by atoms with Gasteiger partial charge in [0.05, 0.1) is 16.3 Å². The fraction of sp³-hybridized carbons (Fsp3) is 0.625. The van der Waals surface area contributed by atoms with Gasteiger partial charge in [-0.05, 0) is 49.9 Å². The van der Waals surface area contributed by atoms with E-state index in [2.05, 4.69) is 9.44 Å². The van der Waals surface area contributed by atoms with Crippen LogP contribution in [-0.2, 0) is 20.0 Å². The van der Waals surface area contributed by atoms with Crippen LogP contribution in [0.2, 0.25) is 0 Å². The third kappa shape index (κ3) is 5.38. The highest BCUT2D eigenvalue weighted by atomic mass is 32.2. The summed E-state index contributed by atoms with van der Waals surface area (Å²) in [5.41, 5.74) is 5.45. The molecule has 0 heterocycles. The molecule has 1 aromatic rings. The van der Waals surface area contributed by atoms with Crippen LogP contribution in [0, 0.1) is 11.7 Å². The molecule has 1 aromatic carbocycles. The number of anilines is 1. The topological polar surface area (TPSA) is 118 Å². The Bertz CT molecular complexity index is 828. The first kappa shape index (κ1) is 21.1. The normalized spacial score (nSPS) is 21.5. The predicted molar refractivity (Wildman–Crippen MR) is 99.2 cm³/mol. The van der Waals surface area contributed by atoms with Gasteiger partial charge in [0, 0.05) is 6.04 Å². The number of hydrogen-bond acceptors (Lipinski definition) is 5. The molecule has 0 unspecified atom stereocenters. The molecular formula is C16H26FN3O4S2. The number of hydrogen-bond donors (Lipinski definition) is 3. The Morgan fingerprint density at radius 2 is 1.88 bits per heavy atom. The number of sulfonamides is 2. The van der Waals surface area contributed by atoms with Crippen molar-refractivity contribution in [2.24, 2.45) is 11.7 Å². The second-order valence-corrected chi connectivity index (χ2v) is 10.1. The Morgan fingerprint density at radius 1 is 1.19 bits per heavy atom. The number of nitrogens with two attached hydrogens (primary N) is 1. The zero-order valence-electron chi connectivity index (χ0n) is 14.7. The fourth-order valence-electron chi connectivity index (χ4n) is 3.15. The third-order valence-corrected chi connectivity index (χ3v) is 7.47. The molecule has 1 aliphatic carbocycles. The van der Waals surface area contributed by atoms with Crippen molar-refractivity contribution in [3.8, 4) is 0 Å². The average Bonchev–Trinajstić information content (AvgIpc) is 2.56. The van der Waals surface area contributed by atoms with E-state index >= 15 is 0 Å². The van der Waals surface area contributed by atoms with Crippen LogP contribution in [0.5, 0.6) is 0 Å². The molecule has 1 fully saturated rings. The van der Waals surface area contributed by atoms with Crippen molar-refractivity contribution in [3.05, 3.63) is 24.0 Å². The van der Waals surface area contributed by atoms with Crippen molar-refractivity contribution >= 4 is 25.7 Å². The summed E-state index contributed by atoms with van der Waals surface area (Å²) in [7, 11) is -7.58. The number of halogens is 1. The SMILES string of the molecule is CCCS(=O)(=O)Nc1ccc(S(=O)(=O)N[C@H]2CCCC[C@@H]2CN)cc1F. The monoisotopic (exact) mass is 407 g/mol. The minimum atomic E-state index is -3.92. The number of benzene rings is 1. The Hall–Kier alpha value is -1.23. The minimum absolute atomic E-state index is 0.0588. The summed E-state index contributed by atoms with van der Waals surface area (Å²) in [6.07, 6.45) is 3.86. The van der Waals surface area contributed by atoms with E-state index in [0.717, 1.165) is 31.4 Å². The maximum Gasteiger partial charge on any atom is 0.240 e. The van der Waals surface area contributed by atoms with Crippen LogP contribution in [0.3, 0.4) is 0 Å². The lowest BCUT2D eigenvalue weighted by molar-refractivity contribution is 0.296. The average molecular weight is 408 g/mol. The number of rotatable bonds is 8. The molecule has 2 atom stereocenters. The lowest BCUT2D eigenvalue weighted by atomic mass is 9.85. The van der Waals surface area contributed by atoms with Gasteiger partial charge >= 0.3 is 0 Å². The van der Waals surface area contributed by atoms with Crippen LogP contribution < -0.4 is 15.2 Å². The molecule has 7 nitrogen and oxygen atoms in total. The lowest BCUT2D eigenvalue weighted by Gasteiger charge is -2.31. The summed E-state index contributed by atoms with van der Waals surface area (Å²) in [4.78, 5) is -0.241. The molecule has 4 N–H and O–H groups in total. The molecule has 0 spiro atoms. The standard InChI is InChI=1S/C16H26FN3O4S2/c1-2-9-25(21,22)19-16-8-7-13(10-14(16)17)26(23,24)20-15-6-4-3-5-12(15)11-18/h7-8,10,12,15,19-20H,2-6,9,11,18H2,1H3/t12-,15+/m1/s1. The zero-order chi connectivity index (χ0) is 19.4. The van der Waals surface area contributed by atoms with E-state index < -0.39 is 25.9 Å². The van der Waals surface area contributed by atoms with Crippen LogP contribution >= 0.6 is 0 Å². The van der Waals surface area contributed by atoms with E-state index in [9.17, 15) is 21.2 Å². The molecule has 1 aliphatic rings. The van der Waals surface area contributed by atoms with E-state index in [4.69, 9.17) is 5.73 Å². The highest BCUT2D eigenvalue weighted by Crippen LogP contribution is 2.26. The van der Waals surface area contributed by atoms with Crippen molar-refractivity contribution in [1.29, 1.82) is 0 Å².